The Morgan fingerprint density at radius 3 is 3.11 bits per heavy atom. The Kier molecular flexibility index (Phi) is 4.34. The molecule has 1 aliphatic rings. The fraction of sp³-hybridized carbons (Fsp3) is 0.583. The molecule has 0 radical (unpaired) electrons. The van der Waals surface area contributed by atoms with Crippen molar-refractivity contribution in [2.24, 2.45) is 5.84 Å². The second-order valence-corrected chi connectivity index (χ2v) is 5.85. The highest BCUT2D eigenvalue weighted by Gasteiger charge is 2.21. The highest BCUT2D eigenvalue weighted by Crippen LogP contribution is 2.24. The molecular weight excluding hydrogens is 250 g/mol. The van der Waals surface area contributed by atoms with Crippen LogP contribution in [0.15, 0.2) is 6.07 Å². The number of rotatable bonds is 4. The van der Waals surface area contributed by atoms with E-state index in [0.717, 1.165) is 26.2 Å². The second-order valence-electron chi connectivity index (χ2n) is 4.60. The molecule has 1 aromatic heterocycles. The Morgan fingerprint density at radius 1 is 1.72 bits per heavy atom. The lowest BCUT2D eigenvalue weighted by Gasteiger charge is -2.22. The van der Waals surface area contributed by atoms with E-state index in [1.54, 1.807) is 0 Å². The Labute approximate surface area is 111 Å². The Morgan fingerprint density at radius 2 is 2.50 bits per heavy atom. The molecule has 6 heteroatoms. The summed E-state index contributed by atoms with van der Waals surface area (Å²) in [4.78, 5) is 15.6. The number of amides is 1. The van der Waals surface area contributed by atoms with E-state index < -0.39 is 0 Å². The van der Waals surface area contributed by atoms with Crippen molar-refractivity contribution < 1.29 is 9.53 Å². The van der Waals surface area contributed by atoms with Gasteiger partial charge in [-0.1, -0.05) is 0 Å². The van der Waals surface area contributed by atoms with Crippen LogP contribution >= 0.6 is 11.3 Å². The highest BCUT2D eigenvalue weighted by molar-refractivity contribution is 7.14. The largest absolute Gasteiger partial charge is 0.380 e. The average molecular weight is 269 g/mol. The zero-order valence-electron chi connectivity index (χ0n) is 10.7. The van der Waals surface area contributed by atoms with Crippen molar-refractivity contribution in [3.05, 3.63) is 21.4 Å². The average Bonchev–Trinajstić information content (AvgIpc) is 2.99. The monoisotopic (exact) mass is 269 g/mol. The van der Waals surface area contributed by atoms with Gasteiger partial charge in [0.2, 0.25) is 0 Å². The lowest BCUT2D eigenvalue weighted by atomic mass is 10.2. The second kappa shape index (κ2) is 5.79. The molecule has 1 aliphatic heterocycles. The van der Waals surface area contributed by atoms with Gasteiger partial charge in [-0.25, -0.2) is 5.84 Å². The van der Waals surface area contributed by atoms with E-state index in [2.05, 4.69) is 17.4 Å². The van der Waals surface area contributed by atoms with Crippen molar-refractivity contribution in [2.75, 3.05) is 20.3 Å². The van der Waals surface area contributed by atoms with Crippen molar-refractivity contribution in [1.29, 1.82) is 0 Å². The van der Waals surface area contributed by atoms with E-state index in [-0.39, 0.29) is 5.91 Å². The Balaban J connectivity index is 2.04. The summed E-state index contributed by atoms with van der Waals surface area (Å²) in [5.41, 5.74) is 3.36. The Hall–Kier alpha value is -0.950. The molecule has 0 aromatic carbocycles. The molecule has 1 saturated heterocycles. The van der Waals surface area contributed by atoms with Crippen LogP contribution in [0.4, 0.5) is 0 Å². The predicted octanol–water partition coefficient (Wildman–Crippen LogP) is 0.881. The van der Waals surface area contributed by atoms with E-state index in [1.807, 2.05) is 13.0 Å². The minimum absolute atomic E-state index is 0.221. The first-order chi connectivity index (χ1) is 8.61. The predicted molar refractivity (Wildman–Crippen MR) is 71.4 cm³/mol. The maximum absolute atomic E-state index is 11.5. The quantitative estimate of drug-likeness (QED) is 0.484. The number of hydrogen-bond acceptors (Lipinski definition) is 5. The van der Waals surface area contributed by atoms with Gasteiger partial charge in [0.15, 0.2) is 0 Å². The number of carbonyl (C=O) groups excluding carboxylic acids is 1. The first kappa shape index (κ1) is 13.5. The molecule has 5 nitrogen and oxygen atoms in total. The smallest absolute Gasteiger partial charge is 0.275 e. The summed E-state index contributed by atoms with van der Waals surface area (Å²) in [6, 6.07) is 2.41. The third-order valence-electron chi connectivity index (χ3n) is 3.32. The summed E-state index contributed by atoms with van der Waals surface area (Å²) >= 11 is 1.48. The van der Waals surface area contributed by atoms with Crippen molar-refractivity contribution in [3.63, 3.8) is 0 Å². The van der Waals surface area contributed by atoms with Crippen LogP contribution < -0.4 is 11.3 Å². The zero-order valence-corrected chi connectivity index (χ0v) is 11.5. The number of nitrogens with zero attached hydrogens (tertiary/aromatic N) is 1. The summed E-state index contributed by atoms with van der Waals surface area (Å²) in [6.07, 6.45) is 1.08. The van der Waals surface area contributed by atoms with E-state index >= 15 is 0 Å². The molecule has 2 heterocycles. The van der Waals surface area contributed by atoms with Crippen molar-refractivity contribution in [2.45, 2.75) is 25.9 Å². The van der Waals surface area contributed by atoms with Gasteiger partial charge in [-0.15, -0.1) is 11.3 Å². The minimum atomic E-state index is -0.221. The van der Waals surface area contributed by atoms with E-state index in [0.29, 0.717) is 10.9 Å². The van der Waals surface area contributed by atoms with Crippen LogP contribution in [0.25, 0.3) is 0 Å². The number of nitrogens with one attached hydrogen (secondary N) is 1. The van der Waals surface area contributed by atoms with E-state index in [1.165, 1.54) is 21.8 Å². The molecular formula is C12H19N3O2S. The lowest BCUT2D eigenvalue weighted by Crippen LogP contribution is -2.31. The third-order valence-corrected chi connectivity index (χ3v) is 4.42. The zero-order chi connectivity index (χ0) is 13.1. The van der Waals surface area contributed by atoms with Gasteiger partial charge in [-0.05, 0) is 32.0 Å². The van der Waals surface area contributed by atoms with Crippen LogP contribution in [0.3, 0.4) is 0 Å². The summed E-state index contributed by atoms with van der Waals surface area (Å²) < 4.78 is 5.39. The molecule has 0 aliphatic carbocycles. The third kappa shape index (κ3) is 2.89. The minimum Gasteiger partial charge on any atom is -0.380 e. The van der Waals surface area contributed by atoms with Gasteiger partial charge in [0.1, 0.15) is 0 Å². The molecule has 1 fully saturated rings. The first-order valence-electron chi connectivity index (χ1n) is 6.00. The number of hydrogen-bond donors (Lipinski definition) is 2. The number of carbonyl (C=O) groups is 1. The molecule has 1 aromatic rings. The van der Waals surface area contributed by atoms with Crippen molar-refractivity contribution in [3.8, 4) is 0 Å². The van der Waals surface area contributed by atoms with Gasteiger partial charge >= 0.3 is 0 Å². The molecule has 1 amide bonds. The highest BCUT2D eigenvalue weighted by atomic mass is 32.1. The molecule has 18 heavy (non-hydrogen) atoms. The number of aryl methyl sites for hydroxylation is 1. The SMILES string of the molecule is Cc1sc(C(=O)NN)cc1CN(C)C1CCOC1. The number of likely N-dealkylation sites (N-methyl/N-ethyl adjacent to an activating group) is 1. The van der Waals surface area contributed by atoms with Crippen molar-refractivity contribution >= 4 is 17.2 Å². The van der Waals surface area contributed by atoms with Crippen LogP contribution in [0.1, 0.15) is 26.5 Å². The van der Waals surface area contributed by atoms with Gasteiger partial charge in [-0.2, -0.15) is 0 Å². The maximum atomic E-state index is 11.5. The fourth-order valence-electron chi connectivity index (χ4n) is 2.13. The number of nitrogens with two attached hydrogens (primary N) is 1. The number of thiophene rings is 1. The maximum Gasteiger partial charge on any atom is 0.275 e. The molecule has 100 valence electrons. The fourth-order valence-corrected chi connectivity index (χ4v) is 3.06. The summed E-state index contributed by atoms with van der Waals surface area (Å²) in [5, 5.41) is 0. The van der Waals surface area contributed by atoms with Crippen molar-refractivity contribution in [1.82, 2.24) is 10.3 Å². The normalized spacial score (nSPS) is 19.4. The molecule has 3 N–H and O–H groups in total. The van der Waals surface area contributed by atoms with Crippen LogP contribution in [0, 0.1) is 6.92 Å². The topological polar surface area (TPSA) is 67.6 Å². The molecule has 2 rings (SSSR count). The number of nitrogen functional groups attached to an aromatic ring is 1. The van der Waals surface area contributed by atoms with E-state index in [9.17, 15) is 4.79 Å². The molecule has 0 spiro atoms. The molecule has 0 saturated carbocycles. The standard InChI is InChI=1S/C12H19N3O2S/c1-8-9(5-11(18-8)12(16)14-13)6-15(2)10-3-4-17-7-10/h5,10H,3-4,6-7,13H2,1-2H3,(H,14,16). The molecule has 1 atom stereocenters. The first-order valence-corrected chi connectivity index (χ1v) is 6.81. The Bertz CT molecular complexity index is 427. The van der Waals surface area contributed by atoms with Crippen LogP contribution in [0.2, 0.25) is 0 Å². The lowest BCUT2D eigenvalue weighted by molar-refractivity contribution is 0.0957. The van der Waals surface area contributed by atoms with Gasteiger partial charge in [0.05, 0.1) is 11.5 Å². The molecule has 1 unspecified atom stereocenters. The molecule has 0 bridgehead atoms. The summed E-state index contributed by atoms with van der Waals surface area (Å²) in [7, 11) is 2.10. The van der Waals surface area contributed by atoms with Crippen LogP contribution in [-0.2, 0) is 11.3 Å². The van der Waals surface area contributed by atoms with Gasteiger partial charge in [0, 0.05) is 24.1 Å². The van der Waals surface area contributed by atoms with Gasteiger partial charge in [-0.3, -0.25) is 15.1 Å². The summed E-state index contributed by atoms with van der Waals surface area (Å²) in [6.45, 7) is 4.52. The summed E-state index contributed by atoms with van der Waals surface area (Å²) in [5.74, 6) is 4.92. The van der Waals surface area contributed by atoms with E-state index in [4.69, 9.17) is 10.6 Å². The van der Waals surface area contributed by atoms with Crippen LogP contribution in [-0.4, -0.2) is 37.1 Å². The number of hydrazine groups is 1. The van der Waals surface area contributed by atoms with Gasteiger partial charge in [0.25, 0.3) is 5.91 Å². The number of ether oxygens (including phenoxy) is 1. The van der Waals surface area contributed by atoms with Gasteiger partial charge < -0.3 is 4.74 Å². The van der Waals surface area contributed by atoms with Crippen LogP contribution in [0.5, 0.6) is 0 Å².